The topological polar surface area (TPSA) is 65.5 Å². The molecule has 1 aliphatic rings. The molecule has 1 aliphatic heterocycles. The van der Waals surface area contributed by atoms with E-state index in [0.29, 0.717) is 27.7 Å². The molecule has 1 atom stereocenters. The van der Waals surface area contributed by atoms with E-state index in [2.05, 4.69) is 17.0 Å². The van der Waals surface area contributed by atoms with E-state index < -0.39 is 0 Å². The average Bonchev–Trinajstić information content (AvgIpc) is 3.46. The van der Waals surface area contributed by atoms with Crippen molar-refractivity contribution in [3.8, 4) is 16.9 Å². The van der Waals surface area contributed by atoms with Crippen molar-refractivity contribution in [2.45, 2.75) is 13.3 Å². The number of nitrogens with two attached hydrogens (primary N) is 1. The highest BCUT2D eigenvalue weighted by Crippen LogP contribution is 2.43. The second kappa shape index (κ2) is 9.61. The Labute approximate surface area is 215 Å². The standard InChI is InChI=1S/C27H28Cl2N4O2/c1-16-12-19(29)13-23(34-3)24(16)21-8-9-22(26-25(21)31-27(30)32(26)2)33(14-17-10-11-35-15-17)20-6-4-18(28)5-7-20/h4-9,12-13,17H,10-11,14-15H2,1-3H3,(H2,30,31). The number of hydrogen-bond donors (Lipinski definition) is 1. The van der Waals surface area contributed by atoms with Gasteiger partial charge in [0, 0.05) is 53.0 Å². The summed E-state index contributed by atoms with van der Waals surface area (Å²) in [5.74, 6) is 1.56. The van der Waals surface area contributed by atoms with Crippen LogP contribution >= 0.6 is 23.2 Å². The fourth-order valence-electron chi connectivity index (χ4n) is 4.90. The molecular weight excluding hydrogens is 483 g/mol. The van der Waals surface area contributed by atoms with Crippen LogP contribution in [0.1, 0.15) is 12.0 Å². The molecule has 35 heavy (non-hydrogen) atoms. The zero-order valence-corrected chi connectivity index (χ0v) is 21.5. The Balaban J connectivity index is 1.73. The summed E-state index contributed by atoms with van der Waals surface area (Å²) in [6.45, 7) is 4.38. The van der Waals surface area contributed by atoms with Crippen molar-refractivity contribution in [2.75, 3.05) is 37.5 Å². The Morgan fingerprint density at radius 3 is 2.60 bits per heavy atom. The molecule has 0 saturated carbocycles. The lowest BCUT2D eigenvalue weighted by molar-refractivity contribution is 0.187. The van der Waals surface area contributed by atoms with E-state index >= 15 is 0 Å². The highest BCUT2D eigenvalue weighted by Gasteiger charge is 2.26. The SMILES string of the molecule is COc1cc(Cl)cc(C)c1-c1ccc(N(CC2CCOC2)c2ccc(Cl)cc2)c2c1nc(N)n2C. The molecule has 0 bridgehead atoms. The van der Waals surface area contributed by atoms with E-state index in [-0.39, 0.29) is 0 Å². The number of aromatic nitrogens is 2. The van der Waals surface area contributed by atoms with Crippen molar-refractivity contribution in [1.29, 1.82) is 0 Å². The van der Waals surface area contributed by atoms with Gasteiger partial charge in [-0.15, -0.1) is 0 Å². The highest BCUT2D eigenvalue weighted by molar-refractivity contribution is 6.31. The van der Waals surface area contributed by atoms with Crippen molar-refractivity contribution in [3.63, 3.8) is 0 Å². The third-order valence-corrected chi connectivity index (χ3v) is 7.15. The van der Waals surface area contributed by atoms with Crippen molar-refractivity contribution >= 4 is 51.6 Å². The van der Waals surface area contributed by atoms with E-state index in [9.17, 15) is 0 Å². The number of halogens is 2. The molecule has 0 radical (unpaired) electrons. The number of anilines is 3. The van der Waals surface area contributed by atoms with Crippen LogP contribution in [0.2, 0.25) is 10.0 Å². The van der Waals surface area contributed by atoms with Crippen molar-refractivity contribution in [3.05, 3.63) is 64.1 Å². The molecule has 1 saturated heterocycles. The van der Waals surface area contributed by atoms with Crippen LogP contribution < -0.4 is 15.4 Å². The quantitative estimate of drug-likeness (QED) is 0.315. The van der Waals surface area contributed by atoms with Gasteiger partial charge in [0.15, 0.2) is 0 Å². The van der Waals surface area contributed by atoms with Gasteiger partial charge in [0.05, 0.1) is 24.9 Å². The molecule has 0 spiro atoms. The molecule has 1 aromatic heterocycles. The molecule has 3 aromatic carbocycles. The summed E-state index contributed by atoms with van der Waals surface area (Å²) < 4.78 is 13.3. The molecule has 4 aromatic rings. The number of methoxy groups -OCH3 is 1. The first-order valence-electron chi connectivity index (χ1n) is 11.6. The van der Waals surface area contributed by atoms with Gasteiger partial charge in [-0.25, -0.2) is 4.98 Å². The van der Waals surface area contributed by atoms with Crippen molar-refractivity contribution in [2.24, 2.45) is 13.0 Å². The van der Waals surface area contributed by atoms with Gasteiger partial charge in [0.2, 0.25) is 5.95 Å². The minimum atomic E-state index is 0.421. The zero-order valence-electron chi connectivity index (χ0n) is 20.0. The highest BCUT2D eigenvalue weighted by atomic mass is 35.5. The smallest absolute Gasteiger partial charge is 0.201 e. The van der Waals surface area contributed by atoms with Gasteiger partial charge in [0.25, 0.3) is 0 Å². The van der Waals surface area contributed by atoms with E-state index in [1.807, 2.05) is 54.9 Å². The van der Waals surface area contributed by atoms with Gasteiger partial charge >= 0.3 is 0 Å². The lowest BCUT2D eigenvalue weighted by Crippen LogP contribution is -2.26. The van der Waals surface area contributed by atoms with Crippen molar-refractivity contribution in [1.82, 2.24) is 9.55 Å². The van der Waals surface area contributed by atoms with Gasteiger partial charge in [-0.05, 0) is 67.4 Å². The molecule has 2 N–H and O–H groups in total. The van der Waals surface area contributed by atoms with E-state index in [1.165, 1.54) is 0 Å². The number of fused-ring (bicyclic) bond motifs is 1. The largest absolute Gasteiger partial charge is 0.496 e. The number of hydrogen-bond acceptors (Lipinski definition) is 5. The van der Waals surface area contributed by atoms with Gasteiger partial charge in [0.1, 0.15) is 11.3 Å². The molecule has 2 heterocycles. The van der Waals surface area contributed by atoms with E-state index in [0.717, 1.165) is 65.3 Å². The lowest BCUT2D eigenvalue weighted by Gasteiger charge is -2.29. The van der Waals surface area contributed by atoms with Gasteiger partial charge < -0.3 is 24.7 Å². The summed E-state index contributed by atoms with van der Waals surface area (Å²) in [6, 6.07) is 15.9. The predicted molar refractivity (Wildman–Crippen MR) is 144 cm³/mol. The second-order valence-corrected chi connectivity index (χ2v) is 9.85. The number of nitrogen functional groups attached to an aromatic ring is 1. The number of benzene rings is 3. The fourth-order valence-corrected chi connectivity index (χ4v) is 5.29. The Bertz CT molecular complexity index is 1380. The maximum absolute atomic E-state index is 6.37. The molecule has 5 rings (SSSR count). The van der Waals surface area contributed by atoms with Crippen LogP contribution in [0.4, 0.5) is 17.3 Å². The first kappa shape index (κ1) is 23.8. The second-order valence-electron chi connectivity index (χ2n) is 8.98. The summed E-state index contributed by atoms with van der Waals surface area (Å²) in [5.41, 5.74) is 13.1. The number of rotatable bonds is 6. The molecule has 0 aliphatic carbocycles. The van der Waals surface area contributed by atoms with Crippen LogP contribution in [-0.4, -0.2) is 36.4 Å². The zero-order chi connectivity index (χ0) is 24.7. The first-order valence-corrected chi connectivity index (χ1v) is 12.3. The molecule has 1 fully saturated rings. The predicted octanol–water partition coefficient (Wildman–Crippen LogP) is 6.62. The summed E-state index contributed by atoms with van der Waals surface area (Å²) in [6.07, 6.45) is 1.03. The molecule has 0 amide bonds. The van der Waals surface area contributed by atoms with Gasteiger partial charge in [-0.2, -0.15) is 0 Å². The molecule has 8 heteroatoms. The molecule has 1 unspecified atom stereocenters. The average molecular weight is 511 g/mol. The number of imidazole rings is 1. The third kappa shape index (κ3) is 4.42. The Morgan fingerprint density at radius 2 is 1.91 bits per heavy atom. The lowest BCUT2D eigenvalue weighted by atomic mass is 9.97. The first-order chi connectivity index (χ1) is 16.9. The minimum absolute atomic E-state index is 0.421. The summed E-state index contributed by atoms with van der Waals surface area (Å²) in [7, 11) is 3.60. The Kier molecular flexibility index (Phi) is 6.53. The normalized spacial score (nSPS) is 15.6. The van der Waals surface area contributed by atoms with E-state index in [1.54, 1.807) is 7.11 Å². The maximum atomic E-state index is 6.37. The van der Waals surface area contributed by atoms with Gasteiger partial charge in [-0.1, -0.05) is 23.2 Å². The van der Waals surface area contributed by atoms with Crippen LogP contribution in [0.3, 0.4) is 0 Å². The molecule has 6 nitrogen and oxygen atoms in total. The number of ether oxygens (including phenoxy) is 2. The maximum Gasteiger partial charge on any atom is 0.201 e. The molecule has 182 valence electrons. The molecular formula is C27H28Cl2N4O2. The van der Waals surface area contributed by atoms with Crippen LogP contribution in [0.25, 0.3) is 22.2 Å². The minimum Gasteiger partial charge on any atom is -0.496 e. The Morgan fingerprint density at radius 1 is 1.14 bits per heavy atom. The van der Waals surface area contributed by atoms with Crippen LogP contribution in [0.5, 0.6) is 5.75 Å². The summed E-state index contributed by atoms with van der Waals surface area (Å²) in [5, 5.41) is 1.33. The van der Waals surface area contributed by atoms with Crippen LogP contribution in [-0.2, 0) is 11.8 Å². The monoisotopic (exact) mass is 510 g/mol. The van der Waals surface area contributed by atoms with Crippen LogP contribution in [0, 0.1) is 12.8 Å². The van der Waals surface area contributed by atoms with Gasteiger partial charge in [-0.3, -0.25) is 0 Å². The van der Waals surface area contributed by atoms with E-state index in [4.69, 9.17) is 43.4 Å². The number of aryl methyl sites for hydroxylation is 2. The van der Waals surface area contributed by atoms with Crippen molar-refractivity contribution < 1.29 is 9.47 Å². The van der Waals surface area contributed by atoms with Crippen LogP contribution in [0.15, 0.2) is 48.5 Å². The summed E-state index contributed by atoms with van der Waals surface area (Å²) >= 11 is 12.5. The summed E-state index contributed by atoms with van der Waals surface area (Å²) in [4.78, 5) is 7.10. The third-order valence-electron chi connectivity index (χ3n) is 6.68. The number of nitrogens with zero attached hydrogens (tertiary/aromatic N) is 3. The Hall–Kier alpha value is -2.93. The fraction of sp³-hybridized carbons (Fsp3) is 0.296.